The minimum atomic E-state index is 1.21. The Hall–Kier alpha value is -12.7. The van der Waals surface area contributed by atoms with Gasteiger partial charge in [-0.3, -0.25) is 0 Å². The Kier molecular flexibility index (Phi) is 14.9. The van der Waals surface area contributed by atoms with Gasteiger partial charge in [-0.1, -0.05) is 376 Å². The van der Waals surface area contributed by atoms with Gasteiger partial charge in [-0.15, -0.1) is 0 Å². The molecular weight excluding hydrogens is 1190 g/mol. The first kappa shape index (κ1) is 58.8. The van der Waals surface area contributed by atoms with Crippen molar-refractivity contribution in [1.82, 2.24) is 0 Å². The van der Waals surface area contributed by atoms with E-state index in [2.05, 4.69) is 389 Å². The van der Waals surface area contributed by atoms with Crippen LogP contribution in [-0.4, -0.2) is 0 Å². The zero-order valence-electron chi connectivity index (χ0n) is 54.9. The standard InChI is InChI=1S/C64H42.C35H24/c1-3-15-43(16-4-1)45-27-31-47(32-28-45)49-35-39-51(40-36-49)61-53-19-7-11-23-57(53)63(58-24-12-8-20-54(58)61)64-59-25-13-9-21-55(59)62(56-22-10-14-26-60(56)64)52-41-37-50(38-42-52)48-33-29-46(30-34-48)44-17-5-2-6-18-44;1-23-14-19-32-33(20-23)35(29-18-16-25-9-3-5-11-27(25)22-29)31-13-7-6-12-30(31)34(32)28-17-15-24-8-2-4-10-26(24)21-28/h1-42H;2-22H,1H3. The summed E-state index contributed by atoms with van der Waals surface area (Å²) in [5.74, 6) is 0. The van der Waals surface area contributed by atoms with E-state index in [1.165, 1.54) is 192 Å². The lowest BCUT2D eigenvalue weighted by atomic mass is 9.81. The maximum absolute atomic E-state index is 2.36. The predicted octanol–water partition coefficient (Wildman–Crippen LogP) is 27.9. The van der Waals surface area contributed by atoms with Crippen LogP contribution in [0.4, 0.5) is 0 Å². The second kappa shape index (κ2) is 25.1. The Morgan fingerprint density at radius 1 is 0.121 bits per heavy atom. The molecule has 0 aromatic heterocycles. The van der Waals surface area contributed by atoms with E-state index in [-0.39, 0.29) is 0 Å². The summed E-state index contributed by atoms with van der Waals surface area (Å²) in [5, 5.41) is 20.3. The summed E-state index contributed by atoms with van der Waals surface area (Å²) in [4.78, 5) is 0. The minimum Gasteiger partial charge on any atom is -0.0622 e. The van der Waals surface area contributed by atoms with Gasteiger partial charge in [0.2, 0.25) is 0 Å². The molecule has 0 bridgehead atoms. The second-order valence-corrected chi connectivity index (χ2v) is 26.2. The smallest absolute Gasteiger partial charge is 0.00139 e. The maximum Gasteiger partial charge on any atom is -0.00139 e. The summed E-state index contributed by atoms with van der Waals surface area (Å²) in [6.45, 7) is 2.19. The molecular formula is C99H66. The average molecular weight is 1260 g/mol. The zero-order chi connectivity index (χ0) is 65.8. The molecule has 0 N–H and O–H groups in total. The first-order chi connectivity index (χ1) is 49.0. The van der Waals surface area contributed by atoms with Crippen molar-refractivity contribution >= 4 is 86.2 Å². The third kappa shape index (κ3) is 10.7. The monoisotopic (exact) mass is 1250 g/mol. The molecule has 0 unspecified atom stereocenters. The summed E-state index contributed by atoms with van der Waals surface area (Å²) in [6.07, 6.45) is 0. The van der Waals surface area contributed by atoms with E-state index >= 15 is 0 Å². The Morgan fingerprint density at radius 3 is 0.646 bits per heavy atom. The third-order valence-electron chi connectivity index (χ3n) is 20.4. The van der Waals surface area contributed by atoms with Gasteiger partial charge >= 0.3 is 0 Å². The van der Waals surface area contributed by atoms with Crippen molar-refractivity contribution in [3.05, 3.63) is 388 Å². The van der Waals surface area contributed by atoms with Crippen LogP contribution in [0.25, 0.3) is 186 Å². The highest BCUT2D eigenvalue weighted by atomic mass is 14.3. The highest BCUT2D eigenvalue weighted by Gasteiger charge is 2.24. The molecule has 19 aromatic rings. The first-order valence-corrected chi connectivity index (χ1v) is 34.4. The van der Waals surface area contributed by atoms with Crippen molar-refractivity contribution in [2.75, 3.05) is 0 Å². The number of hydrogen-bond acceptors (Lipinski definition) is 0. The molecule has 0 aliphatic rings. The van der Waals surface area contributed by atoms with E-state index in [0.29, 0.717) is 0 Å². The van der Waals surface area contributed by atoms with Crippen molar-refractivity contribution in [2.45, 2.75) is 6.92 Å². The lowest BCUT2D eigenvalue weighted by Gasteiger charge is -2.22. The summed E-state index contributed by atoms with van der Waals surface area (Å²) in [7, 11) is 0. The normalized spacial score (nSPS) is 11.5. The number of hydrogen-bond donors (Lipinski definition) is 0. The fourth-order valence-electron chi connectivity index (χ4n) is 15.7. The largest absolute Gasteiger partial charge is 0.0622 e. The molecule has 0 radical (unpaired) electrons. The Morgan fingerprint density at radius 2 is 0.333 bits per heavy atom. The van der Waals surface area contributed by atoms with Gasteiger partial charge in [-0.25, -0.2) is 0 Å². The van der Waals surface area contributed by atoms with Crippen LogP contribution < -0.4 is 0 Å². The minimum absolute atomic E-state index is 1.21. The van der Waals surface area contributed by atoms with E-state index < -0.39 is 0 Å². The highest BCUT2D eigenvalue weighted by Crippen LogP contribution is 2.51. The lowest BCUT2D eigenvalue weighted by Crippen LogP contribution is -1.94. The van der Waals surface area contributed by atoms with Crippen LogP contribution in [-0.2, 0) is 0 Å². The van der Waals surface area contributed by atoms with Crippen LogP contribution in [0.5, 0.6) is 0 Å². The Labute approximate surface area is 577 Å². The molecule has 19 rings (SSSR count). The van der Waals surface area contributed by atoms with Crippen molar-refractivity contribution in [3.8, 4) is 100 Å². The molecule has 0 amide bonds. The second-order valence-electron chi connectivity index (χ2n) is 26.2. The summed E-state index contributed by atoms with van der Waals surface area (Å²) in [6, 6.07) is 140. The highest BCUT2D eigenvalue weighted by molar-refractivity contribution is 6.30. The van der Waals surface area contributed by atoms with Crippen LogP contribution in [0.2, 0.25) is 0 Å². The van der Waals surface area contributed by atoms with Gasteiger partial charge < -0.3 is 0 Å². The maximum atomic E-state index is 2.36. The molecule has 0 aliphatic heterocycles. The van der Waals surface area contributed by atoms with Crippen molar-refractivity contribution in [1.29, 1.82) is 0 Å². The molecule has 19 aromatic carbocycles. The predicted molar refractivity (Wildman–Crippen MR) is 427 cm³/mol. The SMILES string of the molecule is Cc1ccc2c(-c3ccc4ccccc4c3)c3ccccc3c(-c3ccc4ccccc4c3)c2c1.c1ccc(-c2ccc(-c3ccc(-c4c5ccccc5c(-c5c6ccccc6c(-c6ccc(-c7ccc(-c8ccccc8)cc7)cc6)c6ccccc56)c5ccccc45)cc3)cc2)cc1. The third-order valence-corrected chi connectivity index (χ3v) is 20.4. The fraction of sp³-hybridized carbons (Fsp3) is 0.0101. The first-order valence-electron chi connectivity index (χ1n) is 34.4. The van der Waals surface area contributed by atoms with E-state index in [9.17, 15) is 0 Å². The van der Waals surface area contributed by atoms with Gasteiger partial charge in [-0.2, -0.15) is 0 Å². The van der Waals surface area contributed by atoms with E-state index in [1.54, 1.807) is 0 Å². The summed E-state index contributed by atoms with van der Waals surface area (Å²) in [5.41, 5.74) is 23.7. The van der Waals surface area contributed by atoms with Crippen molar-refractivity contribution in [3.63, 3.8) is 0 Å². The molecule has 0 saturated heterocycles. The zero-order valence-corrected chi connectivity index (χ0v) is 54.9. The van der Waals surface area contributed by atoms with Gasteiger partial charge in [0.05, 0.1) is 0 Å². The van der Waals surface area contributed by atoms with Gasteiger partial charge in [-0.05, 0) is 205 Å². The van der Waals surface area contributed by atoms with Gasteiger partial charge in [0, 0.05) is 0 Å². The van der Waals surface area contributed by atoms with Crippen LogP contribution in [0.1, 0.15) is 5.56 Å². The van der Waals surface area contributed by atoms with E-state index in [1.807, 2.05) is 0 Å². The number of fused-ring (bicyclic) bond motifs is 8. The molecule has 0 aliphatic carbocycles. The average Bonchev–Trinajstić information content (AvgIpc) is 0.715. The number of rotatable bonds is 9. The van der Waals surface area contributed by atoms with Gasteiger partial charge in [0.1, 0.15) is 0 Å². The topological polar surface area (TPSA) is 0 Å². The molecule has 0 saturated carbocycles. The Bertz CT molecular complexity index is 5920. The fourth-order valence-corrected chi connectivity index (χ4v) is 15.7. The molecule has 0 atom stereocenters. The Balaban J connectivity index is 0.000000170. The quantitative estimate of drug-likeness (QED) is 0.126. The molecule has 0 heterocycles. The van der Waals surface area contributed by atoms with Crippen molar-refractivity contribution < 1.29 is 0 Å². The van der Waals surface area contributed by atoms with Crippen LogP contribution in [0, 0.1) is 6.92 Å². The van der Waals surface area contributed by atoms with Crippen LogP contribution in [0.3, 0.4) is 0 Å². The van der Waals surface area contributed by atoms with Crippen LogP contribution in [0.15, 0.2) is 382 Å². The summed E-state index contributed by atoms with van der Waals surface area (Å²) < 4.78 is 0. The molecule has 99 heavy (non-hydrogen) atoms. The van der Waals surface area contributed by atoms with Gasteiger partial charge in [0.15, 0.2) is 0 Å². The number of aryl methyl sites for hydroxylation is 1. The number of benzene rings is 19. The molecule has 0 spiro atoms. The van der Waals surface area contributed by atoms with E-state index in [0.717, 1.165) is 0 Å². The van der Waals surface area contributed by atoms with Crippen molar-refractivity contribution in [2.24, 2.45) is 0 Å². The molecule has 0 fully saturated rings. The van der Waals surface area contributed by atoms with Gasteiger partial charge in [0.25, 0.3) is 0 Å². The molecule has 0 heteroatoms. The molecule has 0 nitrogen and oxygen atoms in total. The lowest BCUT2D eigenvalue weighted by molar-refractivity contribution is 1.51. The van der Waals surface area contributed by atoms with Crippen LogP contribution >= 0.6 is 0 Å². The van der Waals surface area contributed by atoms with E-state index in [4.69, 9.17) is 0 Å². The summed E-state index contributed by atoms with van der Waals surface area (Å²) >= 11 is 0. The molecule has 462 valence electrons.